The second kappa shape index (κ2) is 3.67. The lowest BCUT2D eigenvalue weighted by molar-refractivity contribution is -0.144. The zero-order chi connectivity index (χ0) is 13.7. The molecule has 0 bridgehead atoms. The summed E-state index contributed by atoms with van der Waals surface area (Å²) in [4.78, 5) is 24.2. The van der Waals surface area contributed by atoms with Crippen LogP contribution >= 0.6 is 0 Å². The number of nitrogens with two attached hydrogens (primary N) is 1. The van der Waals surface area contributed by atoms with Gasteiger partial charge in [0.15, 0.2) is 0 Å². The third kappa shape index (κ3) is 1.19. The number of fused-ring (bicyclic) bond motifs is 1. The summed E-state index contributed by atoms with van der Waals surface area (Å²) in [7, 11) is 0. The highest BCUT2D eigenvalue weighted by atomic mass is 16.2. The smallest absolute Gasteiger partial charge is 0.232 e. The second-order valence-corrected chi connectivity index (χ2v) is 5.57. The van der Waals surface area contributed by atoms with Crippen LogP contribution in [0.15, 0.2) is 18.2 Å². The topological polar surface area (TPSA) is 60.2 Å². The van der Waals surface area contributed by atoms with Gasteiger partial charge in [-0.1, -0.05) is 39.0 Å². The normalized spacial score (nSPS) is 28.8. The fourth-order valence-electron chi connectivity index (χ4n) is 3.76. The highest BCUT2D eigenvalue weighted by Gasteiger charge is 2.63. The van der Waals surface area contributed by atoms with Crippen LogP contribution in [-0.2, 0) is 15.0 Å². The molecular formula is C15H18NO2. The molecule has 2 rings (SSSR count). The number of rotatable bonds is 2. The predicted molar refractivity (Wildman–Crippen MR) is 69.0 cm³/mol. The Balaban J connectivity index is 2.81. The fraction of sp³-hybridized carbons (Fsp3) is 0.467. The Morgan fingerprint density at radius 3 is 2.44 bits per heavy atom. The van der Waals surface area contributed by atoms with E-state index in [1.165, 1.54) is 6.92 Å². The van der Waals surface area contributed by atoms with Crippen molar-refractivity contribution in [1.29, 1.82) is 0 Å². The van der Waals surface area contributed by atoms with Gasteiger partial charge < -0.3 is 5.73 Å². The van der Waals surface area contributed by atoms with Gasteiger partial charge in [-0.15, -0.1) is 0 Å². The second-order valence-electron chi connectivity index (χ2n) is 5.57. The summed E-state index contributed by atoms with van der Waals surface area (Å²) >= 11 is 0. The summed E-state index contributed by atoms with van der Waals surface area (Å²) in [6.07, 6.45) is 0. The Morgan fingerprint density at radius 1 is 1.39 bits per heavy atom. The van der Waals surface area contributed by atoms with E-state index in [2.05, 4.69) is 6.07 Å². The molecule has 1 aromatic rings. The molecule has 0 saturated carbocycles. The summed E-state index contributed by atoms with van der Waals surface area (Å²) in [6, 6.07) is 8.80. The van der Waals surface area contributed by atoms with E-state index in [0.717, 1.165) is 11.1 Å². The van der Waals surface area contributed by atoms with Gasteiger partial charge >= 0.3 is 0 Å². The monoisotopic (exact) mass is 244 g/mol. The van der Waals surface area contributed by atoms with Crippen LogP contribution in [0.2, 0.25) is 0 Å². The van der Waals surface area contributed by atoms with Crippen LogP contribution < -0.4 is 5.73 Å². The molecule has 0 fully saturated rings. The summed E-state index contributed by atoms with van der Waals surface area (Å²) < 4.78 is 0. The van der Waals surface area contributed by atoms with E-state index in [-0.39, 0.29) is 11.7 Å². The number of benzene rings is 1. The van der Waals surface area contributed by atoms with Crippen LogP contribution in [0.3, 0.4) is 0 Å². The molecule has 2 N–H and O–H groups in total. The molecule has 0 aliphatic heterocycles. The lowest BCUT2D eigenvalue weighted by Crippen LogP contribution is -2.54. The van der Waals surface area contributed by atoms with E-state index < -0.39 is 16.7 Å². The minimum atomic E-state index is -1.17. The number of Topliss-reactive ketones (excluding diaryl/α,β-unsaturated/α-hetero) is 1. The largest absolute Gasteiger partial charge is 0.369 e. The molecular weight excluding hydrogens is 226 g/mol. The van der Waals surface area contributed by atoms with Crippen LogP contribution in [0.25, 0.3) is 0 Å². The van der Waals surface area contributed by atoms with E-state index in [0.29, 0.717) is 0 Å². The van der Waals surface area contributed by atoms with Crippen molar-refractivity contribution in [3.8, 4) is 0 Å². The van der Waals surface area contributed by atoms with Crippen LogP contribution in [0.5, 0.6) is 0 Å². The molecule has 18 heavy (non-hydrogen) atoms. The summed E-state index contributed by atoms with van der Waals surface area (Å²) in [5.41, 5.74) is 5.75. The maximum Gasteiger partial charge on any atom is 0.232 e. The Hall–Kier alpha value is -1.64. The quantitative estimate of drug-likeness (QED) is 0.808. The molecule has 0 spiro atoms. The molecule has 0 saturated heterocycles. The van der Waals surface area contributed by atoms with Crippen molar-refractivity contribution in [2.45, 2.75) is 39.0 Å². The first-order valence-corrected chi connectivity index (χ1v) is 6.10. The number of hydrogen-bond donors (Lipinski definition) is 1. The van der Waals surface area contributed by atoms with E-state index in [1.54, 1.807) is 0 Å². The van der Waals surface area contributed by atoms with Crippen molar-refractivity contribution in [2.75, 3.05) is 0 Å². The highest BCUT2D eigenvalue weighted by molar-refractivity contribution is 6.08. The Morgan fingerprint density at radius 2 is 2.00 bits per heavy atom. The maximum absolute atomic E-state index is 12.2. The van der Waals surface area contributed by atoms with Crippen LogP contribution in [0.1, 0.15) is 44.7 Å². The van der Waals surface area contributed by atoms with Crippen molar-refractivity contribution in [3.05, 3.63) is 35.4 Å². The van der Waals surface area contributed by atoms with Gasteiger partial charge in [0, 0.05) is 11.3 Å². The van der Waals surface area contributed by atoms with Crippen molar-refractivity contribution in [3.63, 3.8) is 0 Å². The van der Waals surface area contributed by atoms with E-state index in [1.807, 2.05) is 39.0 Å². The highest BCUT2D eigenvalue weighted by Crippen LogP contribution is 2.58. The van der Waals surface area contributed by atoms with E-state index >= 15 is 0 Å². The summed E-state index contributed by atoms with van der Waals surface area (Å²) in [6.45, 7) is 7.16. The van der Waals surface area contributed by atoms with Crippen molar-refractivity contribution >= 4 is 11.7 Å². The molecule has 1 amide bonds. The molecule has 2 atom stereocenters. The number of carbonyl (C=O) groups is 2. The van der Waals surface area contributed by atoms with E-state index in [4.69, 9.17) is 5.73 Å². The van der Waals surface area contributed by atoms with Gasteiger partial charge in [-0.3, -0.25) is 9.59 Å². The first-order chi connectivity index (χ1) is 8.27. The number of hydrogen-bond acceptors (Lipinski definition) is 2. The van der Waals surface area contributed by atoms with Crippen LogP contribution in [0, 0.1) is 11.5 Å². The third-order valence-corrected chi connectivity index (χ3v) is 4.57. The molecule has 1 aliphatic carbocycles. The van der Waals surface area contributed by atoms with E-state index in [9.17, 15) is 9.59 Å². The van der Waals surface area contributed by atoms with Gasteiger partial charge in [0.05, 0.1) is 0 Å². The fourth-order valence-corrected chi connectivity index (χ4v) is 3.76. The standard InChI is InChI=1S/C15H18NO2/c1-9-11-7-5-6-8-12(11)14(3,4)15(9,10(2)17)13(16)18/h5-6,8-9H,1-4H3,(H2,16,18). The predicted octanol–water partition coefficient (Wildman–Crippen LogP) is 1.94. The first-order valence-electron chi connectivity index (χ1n) is 6.10. The number of ketones is 1. The van der Waals surface area contributed by atoms with Crippen molar-refractivity contribution in [2.24, 2.45) is 11.1 Å². The number of carbonyl (C=O) groups excluding carboxylic acids is 2. The lowest BCUT2D eigenvalue weighted by atomic mass is 9.60. The first kappa shape index (κ1) is 12.8. The Bertz CT molecular complexity index is 517. The zero-order valence-corrected chi connectivity index (χ0v) is 11.2. The lowest BCUT2D eigenvalue weighted by Gasteiger charge is -2.39. The minimum absolute atomic E-state index is 0.169. The van der Waals surface area contributed by atoms with Gasteiger partial charge in [-0.05, 0) is 24.1 Å². The molecule has 1 aromatic carbocycles. The molecule has 3 heteroatoms. The third-order valence-electron chi connectivity index (χ3n) is 4.57. The Labute approximate surface area is 107 Å². The molecule has 1 aliphatic rings. The number of primary amides is 1. The molecule has 0 aromatic heterocycles. The van der Waals surface area contributed by atoms with Gasteiger partial charge in [0.25, 0.3) is 0 Å². The van der Waals surface area contributed by atoms with Crippen molar-refractivity contribution < 1.29 is 9.59 Å². The number of amides is 1. The van der Waals surface area contributed by atoms with Crippen LogP contribution in [-0.4, -0.2) is 11.7 Å². The van der Waals surface area contributed by atoms with Gasteiger partial charge in [0.2, 0.25) is 5.91 Å². The summed E-state index contributed by atoms with van der Waals surface area (Å²) in [5, 5.41) is 0. The molecule has 95 valence electrons. The molecule has 0 heterocycles. The summed E-state index contributed by atoms with van der Waals surface area (Å²) in [5.74, 6) is -0.951. The SMILES string of the molecule is CC(=O)C1(C(N)=O)C(C)c2[c]cccc2C1(C)C. The average molecular weight is 244 g/mol. The van der Waals surface area contributed by atoms with Crippen molar-refractivity contribution in [1.82, 2.24) is 0 Å². The maximum atomic E-state index is 12.2. The average Bonchev–Trinajstić information content (AvgIpc) is 2.45. The van der Waals surface area contributed by atoms with Gasteiger partial charge in [0.1, 0.15) is 11.2 Å². The molecule has 1 radical (unpaired) electrons. The zero-order valence-electron chi connectivity index (χ0n) is 11.2. The van der Waals surface area contributed by atoms with Crippen LogP contribution in [0.4, 0.5) is 0 Å². The molecule has 3 nitrogen and oxygen atoms in total. The van der Waals surface area contributed by atoms with Gasteiger partial charge in [-0.2, -0.15) is 0 Å². The molecule has 2 unspecified atom stereocenters. The van der Waals surface area contributed by atoms with Gasteiger partial charge in [-0.25, -0.2) is 0 Å². The minimum Gasteiger partial charge on any atom is -0.369 e. The Kier molecular flexibility index (Phi) is 2.61.